The Morgan fingerprint density at radius 2 is 1.87 bits per heavy atom. The number of oxime groups is 1. The molecule has 0 aliphatic rings. The highest BCUT2D eigenvalue weighted by Crippen LogP contribution is 2.17. The van der Waals surface area contributed by atoms with Crippen LogP contribution < -0.4 is 0 Å². The van der Waals surface area contributed by atoms with Gasteiger partial charge in [-0.05, 0) is 18.7 Å². The van der Waals surface area contributed by atoms with Crippen molar-refractivity contribution in [2.24, 2.45) is 5.16 Å². The maximum atomic E-state index is 8.68. The van der Waals surface area contributed by atoms with Crippen LogP contribution in [0.25, 0.3) is 0 Å². The van der Waals surface area contributed by atoms with Gasteiger partial charge in [0.2, 0.25) is 0 Å². The number of hydrogen-bond acceptors (Lipinski definition) is 3. The second kappa shape index (κ2) is 6.19. The first kappa shape index (κ1) is 11.7. The maximum absolute atomic E-state index is 8.68. The van der Waals surface area contributed by atoms with Crippen LogP contribution in [-0.4, -0.2) is 29.4 Å². The maximum Gasteiger partial charge on any atom is 0.0739 e. The minimum Gasteiger partial charge on any atom is -0.411 e. The second-order valence-electron chi connectivity index (χ2n) is 3.34. The smallest absolute Gasteiger partial charge is 0.0739 e. The highest BCUT2D eigenvalue weighted by molar-refractivity contribution is 5.66. The van der Waals surface area contributed by atoms with E-state index < -0.39 is 0 Å². The zero-order valence-corrected chi connectivity index (χ0v) is 9.30. The summed E-state index contributed by atoms with van der Waals surface area (Å²) in [6.07, 6.45) is 1.57. The van der Waals surface area contributed by atoms with Crippen LogP contribution >= 0.6 is 0 Å². The van der Waals surface area contributed by atoms with Gasteiger partial charge in [0.05, 0.1) is 12.3 Å². The predicted molar refractivity (Wildman–Crippen MR) is 62.4 cm³/mol. The van der Waals surface area contributed by atoms with Crippen molar-refractivity contribution in [1.29, 1.82) is 0 Å². The monoisotopic (exact) mass is 206 g/mol. The topological polar surface area (TPSA) is 35.8 Å². The van der Waals surface area contributed by atoms with E-state index in [0.717, 1.165) is 18.7 Å². The van der Waals surface area contributed by atoms with E-state index in [1.807, 2.05) is 30.3 Å². The van der Waals surface area contributed by atoms with Crippen LogP contribution in [0, 0.1) is 0 Å². The second-order valence-corrected chi connectivity index (χ2v) is 3.34. The summed E-state index contributed by atoms with van der Waals surface area (Å²) in [6, 6.07) is 10.1. The average molecular weight is 206 g/mol. The summed E-state index contributed by atoms with van der Waals surface area (Å²) in [5.74, 6) is 0. The van der Waals surface area contributed by atoms with Gasteiger partial charge in [-0.2, -0.15) is 0 Å². The Bertz CT molecular complexity index is 294. The lowest BCUT2D eigenvalue weighted by molar-refractivity contribution is 0.263. The van der Waals surface area contributed by atoms with Gasteiger partial charge in [-0.25, -0.2) is 0 Å². The molecule has 82 valence electrons. The molecule has 0 radical (unpaired) electrons. The summed E-state index contributed by atoms with van der Waals surface area (Å²) in [6.45, 7) is 6.07. The minimum atomic E-state index is 0.0613. The van der Waals surface area contributed by atoms with Crippen LogP contribution in [0.3, 0.4) is 0 Å². The number of hydrogen-bond donors (Lipinski definition) is 1. The van der Waals surface area contributed by atoms with Crippen molar-refractivity contribution in [3.8, 4) is 0 Å². The van der Waals surface area contributed by atoms with Crippen molar-refractivity contribution in [2.45, 2.75) is 19.9 Å². The molecule has 3 heteroatoms. The highest BCUT2D eigenvalue weighted by Gasteiger charge is 2.15. The molecule has 1 atom stereocenters. The molecule has 0 aliphatic carbocycles. The Hall–Kier alpha value is -1.35. The summed E-state index contributed by atoms with van der Waals surface area (Å²) in [7, 11) is 0. The molecule has 1 rings (SSSR count). The standard InChI is InChI=1S/C12H18N2O/c1-3-14(4-2)12(10-13-15)11-8-6-5-7-9-11/h5-10,12,15H,3-4H2,1-2H3/b13-10+. The zero-order valence-electron chi connectivity index (χ0n) is 9.30. The van der Waals surface area contributed by atoms with E-state index in [9.17, 15) is 0 Å². The van der Waals surface area contributed by atoms with Gasteiger partial charge < -0.3 is 5.21 Å². The van der Waals surface area contributed by atoms with Crippen molar-refractivity contribution in [3.05, 3.63) is 35.9 Å². The fourth-order valence-corrected chi connectivity index (χ4v) is 1.72. The first-order chi connectivity index (χ1) is 7.33. The van der Waals surface area contributed by atoms with Crippen LogP contribution in [-0.2, 0) is 0 Å². The lowest BCUT2D eigenvalue weighted by atomic mass is 10.1. The molecule has 0 aliphatic heterocycles. The molecular weight excluding hydrogens is 188 g/mol. The molecule has 1 N–H and O–H groups in total. The summed E-state index contributed by atoms with van der Waals surface area (Å²) in [5, 5.41) is 11.8. The van der Waals surface area contributed by atoms with Crippen LogP contribution in [0.4, 0.5) is 0 Å². The van der Waals surface area contributed by atoms with Gasteiger partial charge in [0.25, 0.3) is 0 Å². The van der Waals surface area contributed by atoms with Crippen LogP contribution in [0.5, 0.6) is 0 Å². The van der Waals surface area contributed by atoms with Gasteiger partial charge in [0, 0.05) is 0 Å². The fourth-order valence-electron chi connectivity index (χ4n) is 1.72. The first-order valence-electron chi connectivity index (χ1n) is 5.30. The normalized spacial score (nSPS) is 13.5. The van der Waals surface area contributed by atoms with E-state index in [1.54, 1.807) is 6.21 Å². The van der Waals surface area contributed by atoms with Crippen molar-refractivity contribution in [1.82, 2.24) is 4.90 Å². The van der Waals surface area contributed by atoms with Crippen LogP contribution in [0.2, 0.25) is 0 Å². The molecule has 0 aromatic heterocycles. The van der Waals surface area contributed by atoms with Gasteiger partial charge in [0.15, 0.2) is 0 Å². The molecule has 0 bridgehead atoms. The Balaban J connectivity index is 2.92. The van der Waals surface area contributed by atoms with Gasteiger partial charge in [-0.15, -0.1) is 5.16 Å². The molecule has 1 aromatic rings. The molecule has 0 saturated heterocycles. The van der Waals surface area contributed by atoms with E-state index in [4.69, 9.17) is 5.21 Å². The average Bonchev–Trinajstić information content (AvgIpc) is 2.30. The predicted octanol–water partition coefficient (Wildman–Crippen LogP) is 2.53. The Kier molecular flexibility index (Phi) is 4.84. The molecule has 0 fully saturated rings. The number of benzene rings is 1. The molecule has 0 spiro atoms. The summed E-state index contributed by atoms with van der Waals surface area (Å²) in [5.41, 5.74) is 1.15. The summed E-state index contributed by atoms with van der Waals surface area (Å²) < 4.78 is 0. The molecule has 15 heavy (non-hydrogen) atoms. The van der Waals surface area contributed by atoms with Gasteiger partial charge >= 0.3 is 0 Å². The highest BCUT2D eigenvalue weighted by atomic mass is 16.4. The SMILES string of the molecule is CCN(CC)C(/C=N/O)c1ccccc1. The molecular formula is C12H18N2O. The third-order valence-electron chi connectivity index (χ3n) is 2.55. The van der Waals surface area contributed by atoms with Crippen molar-refractivity contribution < 1.29 is 5.21 Å². The Labute approximate surface area is 91.0 Å². The van der Waals surface area contributed by atoms with E-state index in [1.165, 1.54) is 0 Å². The molecule has 1 aromatic carbocycles. The van der Waals surface area contributed by atoms with E-state index in [-0.39, 0.29) is 6.04 Å². The fraction of sp³-hybridized carbons (Fsp3) is 0.417. The van der Waals surface area contributed by atoms with Crippen molar-refractivity contribution >= 4 is 6.21 Å². The van der Waals surface area contributed by atoms with Gasteiger partial charge in [-0.1, -0.05) is 44.2 Å². The Morgan fingerprint density at radius 3 is 2.33 bits per heavy atom. The third-order valence-corrected chi connectivity index (χ3v) is 2.55. The van der Waals surface area contributed by atoms with Crippen molar-refractivity contribution in [3.63, 3.8) is 0 Å². The van der Waals surface area contributed by atoms with E-state index in [2.05, 4.69) is 23.9 Å². The summed E-state index contributed by atoms with van der Waals surface area (Å²) >= 11 is 0. The van der Waals surface area contributed by atoms with Crippen molar-refractivity contribution in [2.75, 3.05) is 13.1 Å². The molecule has 0 saturated carbocycles. The van der Waals surface area contributed by atoms with E-state index >= 15 is 0 Å². The van der Waals surface area contributed by atoms with E-state index in [0.29, 0.717) is 0 Å². The molecule has 3 nitrogen and oxygen atoms in total. The molecule has 0 heterocycles. The largest absolute Gasteiger partial charge is 0.411 e. The van der Waals surface area contributed by atoms with Gasteiger partial charge in [0.1, 0.15) is 0 Å². The number of nitrogens with zero attached hydrogens (tertiary/aromatic N) is 2. The molecule has 1 unspecified atom stereocenters. The lowest BCUT2D eigenvalue weighted by Crippen LogP contribution is -2.29. The van der Waals surface area contributed by atoms with Crippen LogP contribution in [0.1, 0.15) is 25.5 Å². The Morgan fingerprint density at radius 1 is 1.27 bits per heavy atom. The minimum absolute atomic E-state index is 0.0613. The van der Waals surface area contributed by atoms with Crippen LogP contribution in [0.15, 0.2) is 35.5 Å². The summed E-state index contributed by atoms with van der Waals surface area (Å²) in [4.78, 5) is 2.23. The quantitative estimate of drug-likeness (QED) is 0.456. The lowest BCUT2D eigenvalue weighted by Gasteiger charge is -2.26. The first-order valence-corrected chi connectivity index (χ1v) is 5.30. The molecule has 0 amide bonds. The number of rotatable bonds is 5. The zero-order chi connectivity index (χ0) is 11.1. The third kappa shape index (κ3) is 3.06. The van der Waals surface area contributed by atoms with Gasteiger partial charge in [-0.3, -0.25) is 4.90 Å².